The minimum atomic E-state index is -0.239. The molecule has 0 saturated heterocycles. The fourth-order valence-corrected chi connectivity index (χ4v) is 9.47. The van der Waals surface area contributed by atoms with Gasteiger partial charge in [-0.1, -0.05) is 166 Å². The van der Waals surface area contributed by atoms with Crippen molar-refractivity contribution in [1.29, 1.82) is 0 Å². The van der Waals surface area contributed by atoms with Gasteiger partial charge in [0.05, 0.1) is 0 Å². The van der Waals surface area contributed by atoms with Crippen molar-refractivity contribution in [3.05, 3.63) is 222 Å². The van der Waals surface area contributed by atoms with Gasteiger partial charge in [-0.05, 0) is 92.1 Å². The van der Waals surface area contributed by atoms with E-state index in [1.165, 1.54) is 33.4 Å². The molecule has 5 nitrogen and oxygen atoms in total. The third-order valence-electron chi connectivity index (χ3n) is 13.9. The smallest absolute Gasteiger partial charge is 0.135 e. The second-order valence-electron chi connectivity index (χ2n) is 21.2. The SMILES string of the molecule is CC(C)(C)c1cc(N2[CH-]N(c3[c-]c(Oc4[c-]c5c(cc4)c4ccccc4n5-c4cc(C(C)(C)C)ccn4)ccc3)c3ccc(C(C)(C)c4ccccc4)cc32)cc(C(C)(C)c2ccccc2)c1.[Pt]. The molecule has 9 aromatic rings. The Morgan fingerprint density at radius 2 is 1.10 bits per heavy atom. The van der Waals surface area contributed by atoms with Gasteiger partial charge in [0.2, 0.25) is 0 Å². The zero-order valence-corrected chi connectivity index (χ0v) is 43.0. The van der Waals surface area contributed by atoms with Gasteiger partial charge in [-0.15, -0.1) is 48.1 Å². The van der Waals surface area contributed by atoms with Crippen LogP contribution < -0.4 is 14.5 Å². The zero-order valence-electron chi connectivity index (χ0n) is 40.8. The predicted molar refractivity (Wildman–Crippen MR) is 279 cm³/mol. The summed E-state index contributed by atoms with van der Waals surface area (Å²) in [6.45, 7) is 25.1. The summed E-state index contributed by atoms with van der Waals surface area (Å²) in [7, 11) is 0. The minimum absolute atomic E-state index is 0. The average Bonchev–Trinajstić information content (AvgIpc) is 3.87. The summed E-state index contributed by atoms with van der Waals surface area (Å²) in [4.78, 5) is 9.48. The van der Waals surface area contributed by atoms with Crippen LogP contribution in [0.25, 0.3) is 27.6 Å². The zero-order chi connectivity index (χ0) is 46.9. The Hall–Kier alpha value is -6.42. The molecule has 1 aliphatic rings. The van der Waals surface area contributed by atoms with Gasteiger partial charge in [0, 0.05) is 72.2 Å². The van der Waals surface area contributed by atoms with Gasteiger partial charge in [-0.2, -0.15) is 12.1 Å². The topological polar surface area (TPSA) is 33.5 Å². The van der Waals surface area contributed by atoms with E-state index >= 15 is 0 Å². The molecule has 346 valence electrons. The summed E-state index contributed by atoms with van der Waals surface area (Å²) in [6, 6.07) is 66.1. The number of fused-ring (bicyclic) bond motifs is 4. The van der Waals surface area contributed by atoms with Crippen LogP contribution in [0.1, 0.15) is 103 Å². The summed E-state index contributed by atoms with van der Waals surface area (Å²) in [5.74, 6) is 2.05. The van der Waals surface area contributed by atoms with E-state index < -0.39 is 0 Å². The maximum Gasteiger partial charge on any atom is 0.135 e. The second kappa shape index (κ2) is 17.6. The third-order valence-corrected chi connectivity index (χ3v) is 13.9. The first kappa shape index (κ1) is 46.7. The van der Waals surface area contributed by atoms with Crippen molar-refractivity contribution in [3.63, 3.8) is 0 Å². The Morgan fingerprint density at radius 1 is 0.471 bits per heavy atom. The van der Waals surface area contributed by atoms with Crippen LogP contribution in [-0.4, -0.2) is 9.55 Å². The van der Waals surface area contributed by atoms with Crippen molar-refractivity contribution in [1.82, 2.24) is 9.55 Å². The van der Waals surface area contributed by atoms with E-state index in [0.717, 1.165) is 50.4 Å². The number of benzene rings is 7. The molecule has 1 aliphatic heterocycles. The number of hydrogen-bond acceptors (Lipinski definition) is 4. The summed E-state index contributed by atoms with van der Waals surface area (Å²) in [6.07, 6.45) is 1.91. The van der Waals surface area contributed by atoms with Crippen molar-refractivity contribution in [2.24, 2.45) is 0 Å². The second-order valence-corrected chi connectivity index (χ2v) is 21.2. The van der Waals surface area contributed by atoms with E-state index in [-0.39, 0.29) is 42.7 Å². The van der Waals surface area contributed by atoms with E-state index in [2.05, 4.69) is 248 Å². The Morgan fingerprint density at radius 3 is 1.79 bits per heavy atom. The summed E-state index contributed by atoms with van der Waals surface area (Å²) >= 11 is 0. The minimum Gasteiger partial charge on any atom is -0.509 e. The van der Waals surface area contributed by atoms with Gasteiger partial charge in [0.15, 0.2) is 0 Å². The maximum absolute atomic E-state index is 6.71. The first-order valence-corrected chi connectivity index (χ1v) is 23.4. The maximum atomic E-state index is 6.71. The number of rotatable bonds is 9. The number of anilines is 4. The third kappa shape index (κ3) is 8.56. The number of ether oxygens (including phenoxy) is 1. The Kier molecular flexibility index (Phi) is 12.1. The van der Waals surface area contributed by atoms with Gasteiger partial charge in [-0.25, -0.2) is 4.98 Å². The van der Waals surface area contributed by atoms with Crippen LogP contribution in [0, 0.1) is 18.8 Å². The molecule has 0 radical (unpaired) electrons. The van der Waals surface area contributed by atoms with Gasteiger partial charge in [0.25, 0.3) is 0 Å². The summed E-state index contributed by atoms with van der Waals surface area (Å²) < 4.78 is 8.91. The van der Waals surface area contributed by atoms with Crippen LogP contribution in [0.3, 0.4) is 0 Å². The number of hydrogen-bond donors (Lipinski definition) is 0. The summed E-state index contributed by atoms with van der Waals surface area (Å²) in [5, 5.41) is 2.23. The van der Waals surface area contributed by atoms with Gasteiger partial charge >= 0.3 is 0 Å². The number of nitrogens with zero attached hydrogens (tertiary/aromatic N) is 4. The van der Waals surface area contributed by atoms with E-state index in [1.54, 1.807) is 0 Å². The van der Waals surface area contributed by atoms with Gasteiger partial charge in [-0.3, -0.25) is 0 Å². The molecule has 0 amide bonds. The molecule has 6 heteroatoms. The molecule has 0 spiro atoms. The molecule has 7 aromatic carbocycles. The Balaban J connectivity index is 0.00000578. The van der Waals surface area contributed by atoms with E-state index in [1.807, 2.05) is 24.4 Å². The van der Waals surface area contributed by atoms with Crippen LogP contribution in [-0.2, 0) is 42.7 Å². The van der Waals surface area contributed by atoms with Crippen LogP contribution in [0.4, 0.5) is 22.7 Å². The van der Waals surface area contributed by atoms with Crippen LogP contribution in [0.5, 0.6) is 11.5 Å². The summed E-state index contributed by atoms with van der Waals surface area (Å²) in [5.41, 5.74) is 13.1. The van der Waals surface area contributed by atoms with Crippen molar-refractivity contribution < 1.29 is 25.8 Å². The monoisotopic (exact) mass is 1070 g/mol. The molecule has 0 aliphatic carbocycles. The molecular weight excluding hydrogens is 1010 g/mol. The van der Waals surface area contributed by atoms with Gasteiger partial charge < -0.3 is 19.1 Å². The molecular formula is C62H59N4OPt-3. The van der Waals surface area contributed by atoms with Crippen molar-refractivity contribution in [2.75, 3.05) is 9.80 Å². The quantitative estimate of drug-likeness (QED) is 0.135. The molecule has 2 aromatic heterocycles. The van der Waals surface area contributed by atoms with E-state index in [0.29, 0.717) is 11.5 Å². The molecule has 0 N–H and O–H groups in total. The molecule has 0 unspecified atom stereocenters. The largest absolute Gasteiger partial charge is 0.509 e. The Bertz CT molecular complexity index is 3280. The van der Waals surface area contributed by atoms with Crippen molar-refractivity contribution in [2.45, 2.75) is 90.9 Å². The standard InChI is InChI=1S/C62H59N4O.Pt/c1-59(2,3)44-32-33-63-58(38-44)66-54-27-18-17-26-52(54)53-30-29-51(40-56(53)66)67-50-25-19-24-48(39-50)64-41-65(57-37-45(28-31-55(57)64)61(7,8)42-20-13-11-14-21-42)49-35-46(60(4,5)6)34-47(36-49)62(9,10)43-22-15-12-16-23-43;/h11-38,41H,1-10H3;/q-3;. The number of pyridine rings is 1. The van der Waals surface area contributed by atoms with Crippen molar-refractivity contribution >= 4 is 44.6 Å². The first-order valence-electron chi connectivity index (χ1n) is 23.4. The molecule has 3 heterocycles. The van der Waals surface area contributed by atoms with E-state index in [9.17, 15) is 0 Å². The Labute approximate surface area is 417 Å². The number of para-hydroxylation sites is 1. The van der Waals surface area contributed by atoms with Crippen molar-refractivity contribution in [3.8, 4) is 17.3 Å². The molecule has 0 saturated carbocycles. The predicted octanol–water partition coefficient (Wildman–Crippen LogP) is 16.2. The number of aromatic nitrogens is 2. The van der Waals surface area contributed by atoms with Crippen LogP contribution in [0.2, 0.25) is 0 Å². The molecule has 10 rings (SSSR count). The molecule has 0 fully saturated rings. The average molecular weight is 1070 g/mol. The molecule has 68 heavy (non-hydrogen) atoms. The molecule has 0 atom stereocenters. The van der Waals surface area contributed by atoms with E-state index in [4.69, 9.17) is 9.72 Å². The first-order chi connectivity index (χ1) is 32.0. The van der Waals surface area contributed by atoms with Crippen LogP contribution in [0.15, 0.2) is 170 Å². The molecule has 0 bridgehead atoms. The van der Waals surface area contributed by atoms with Gasteiger partial charge in [0.1, 0.15) is 5.82 Å². The van der Waals surface area contributed by atoms with Crippen LogP contribution >= 0.6 is 0 Å². The fourth-order valence-electron chi connectivity index (χ4n) is 9.47. The fraction of sp³-hybridized carbons (Fsp3) is 0.226. The normalized spacial score (nSPS) is 13.2.